The summed E-state index contributed by atoms with van der Waals surface area (Å²) in [6.45, 7) is 3.23. The van der Waals surface area contributed by atoms with Gasteiger partial charge in [-0.05, 0) is 37.6 Å². The normalized spacial score (nSPS) is 13.7. The second-order valence-electron chi connectivity index (χ2n) is 4.04. The van der Waals surface area contributed by atoms with E-state index in [0.717, 1.165) is 17.7 Å². The first-order valence-corrected chi connectivity index (χ1v) is 5.53. The summed E-state index contributed by atoms with van der Waals surface area (Å²) in [4.78, 5) is 0. The van der Waals surface area contributed by atoms with E-state index >= 15 is 0 Å². The van der Waals surface area contributed by atoms with Crippen LogP contribution < -0.4 is 11.1 Å². The van der Waals surface area contributed by atoms with Crippen molar-refractivity contribution in [3.05, 3.63) is 35.4 Å². The van der Waals surface area contributed by atoms with Gasteiger partial charge in [0.05, 0.1) is 5.56 Å². The summed E-state index contributed by atoms with van der Waals surface area (Å²) in [6, 6.07) is 5.47. The van der Waals surface area contributed by atoms with Gasteiger partial charge in [0, 0.05) is 12.6 Å². The third-order valence-corrected chi connectivity index (χ3v) is 2.54. The molecule has 0 saturated heterocycles. The van der Waals surface area contributed by atoms with Gasteiger partial charge >= 0.3 is 6.18 Å². The lowest BCUT2D eigenvalue weighted by atomic mass is 10.1. The first kappa shape index (κ1) is 14.0. The maximum absolute atomic E-state index is 12.3. The predicted octanol–water partition coefficient (Wildman–Crippen LogP) is 2.18. The van der Waals surface area contributed by atoms with Gasteiger partial charge in [0.2, 0.25) is 0 Å². The molecule has 0 aliphatic rings. The smallest absolute Gasteiger partial charge is 0.329 e. The first-order valence-electron chi connectivity index (χ1n) is 5.53. The molecular formula is C12H17F3N2. The molecule has 0 unspecified atom stereocenters. The van der Waals surface area contributed by atoms with Crippen LogP contribution in [-0.2, 0) is 12.6 Å². The van der Waals surface area contributed by atoms with Crippen LogP contribution in [0.5, 0.6) is 0 Å². The molecule has 0 amide bonds. The Kier molecular flexibility index (Phi) is 4.96. The van der Waals surface area contributed by atoms with Gasteiger partial charge < -0.3 is 11.1 Å². The standard InChI is InChI=1S/C12H17F3N2/c1-9(8-16)17-7-6-10-2-4-11(5-3-10)12(13,14)15/h2-5,9,17H,6-8,16H2,1H3/t9-/m1/s1. The monoisotopic (exact) mass is 246 g/mol. The Balaban J connectivity index is 2.46. The first-order chi connectivity index (χ1) is 7.93. The lowest BCUT2D eigenvalue weighted by molar-refractivity contribution is -0.137. The van der Waals surface area contributed by atoms with E-state index in [0.29, 0.717) is 19.5 Å². The van der Waals surface area contributed by atoms with Gasteiger partial charge in [0.25, 0.3) is 0 Å². The van der Waals surface area contributed by atoms with E-state index in [2.05, 4.69) is 5.32 Å². The lowest BCUT2D eigenvalue weighted by Crippen LogP contribution is -2.34. The summed E-state index contributed by atoms with van der Waals surface area (Å²) in [6.07, 6.45) is -3.56. The number of alkyl halides is 3. The topological polar surface area (TPSA) is 38.0 Å². The van der Waals surface area contributed by atoms with E-state index in [1.165, 1.54) is 12.1 Å². The Hall–Kier alpha value is -1.07. The highest BCUT2D eigenvalue weighted by molar-refractivity contribution is 5.24. The van der Waals surface area contributed by atoms with Gasteiger partial charge in [-0.3, -0.25) is 0 Å². The third-order valence-electron chi connectivity index (χ3n) is 2.54. The molecule has 3 N–H and O–H groups in total. The minimum atomic E-state index is -4.26. The van der Waals surface area contributed by atoms with Gasteiger partial charge in [0.15, 0.2) is 0 Å². The average molecular weight is 246 g/mol. The quantitative estimate of drug-likeness (QED) is 0.835. The van der Waals surface area contributed by atoms with Crippen LogP contribution in [0.25, 0.3) is 0 Å². The Bertz CT molecular complexity index is 333. The molecule has 17 heavy (non-hydrogen) atoms. The maximum Gasteiger partial charge on any atom is 0.416 e. The molecule has 1 aromatic carbocycles. The van der Waals surface area contributed by atoms with Crippen molar-refractivity contribution < 1.29 is 13.2 Å². The number of hydrogen-bond acceptors (Lipinski definition) is 2. The van der Waals surface area contributed by atoms with E-state index in [4.69, 9.17) is 5.73 Å². The van der Waals surface area contributed by atoms with Crippen LogP contribution >= 0.6 is 0 Å². The van der Waals surface area contributed by atoms with Gasteiger partial charge in [-0.2, -0.15) is 13.2 Å². The molecule has 0 aromatic heterocycles. The van der Waals surface area contributed by atoms with Crippen molar-refractivity contribution in [3.8, 4) is 0 Å². The second-order valence-corrected chi connectivity index (χ2v) is 4.04. The summed E-state index contributed by atoms with van der Waals surface area (Å²) < 4.78 is 36.9. The number of halogens is 3. The molecule has 1 rings (SSSR count). The number of nitrogens with two attached hydrogens (primary N) is 1. The fourth-order valence-corrected chi connectivity index (χ4v) is 1.41. The zero-order valence-electron chi connectivity index (χ0n) is 9.72. The largest absolute Gasteiger partial charge is 0.416 e. The van der Waals surface area contributed by atoms with Crippen molar-refractivity contribution >= 4 is 0 Å². The van der Waals surface area contributed by atoms with Crippen LogP contribution in [0.15, 0.2) is 24.3 Å². The molecule has 2 nitrogen and oxygen atoms in total. The van der Waals surface area contributed by atoms with Gasteiger partial charge in [-0.25, -0.2) is 0 Å². The highest BCUT2D eigenvalue weighted by Crippen LogP contribution is 2.29. The number of nitrogens with one attached hydrogen (secondary N) is 1. The van der Waals surface area contributed by atoms with E-state index in [9.17, 15) is 13.2 Å². The van der Waals surface area contributed by atoms with Gasteiger partial charge in [-0.15, -0.1) is 0 Å². The van der Waals surface area contributed by atoms with E-state index in [1.807, 2.05) is 6.92 Å². The van der Waals surface area contributed by atoms with Crippen molar-refractivity contribution in [1.82, 2.24) is 5.32 Å². The summed E-state index contributed by atoms with van der Waals surface area (Å²) >= 11 is 0. The molecule has 0 bridgehead atoms. The Morgan fingerprint density at radius 2 is 1.82 bits per heavy atom. The number of hydrogen-bond donors (Lipinski definition) is 2. The highest BCUT2D eigenvalue weighted by Gasteiger charge is 2.29. The molecule has 0 aliphatic heterocycles. The van der Waals surface area contributed by atoms with E-state index in [-0.39, 0.29) is 6.04 Å². The van der Waals surface area contributed by atoms with Crippen LogP contribution in [0.1, 0.15) is 18.1 Å². The van der Waals surface area contributed by atoms with E-state index in [1.54, 1.807) is 0 Å². The van der Waals surface area contributed by atoms with Crippen LogP contribution in [0.2, 0.25) is 0 Å². The Morgan fingerprint density at radius 1 is 1.24 bits per heavy atom. The maximum atomic E-state index is 12.3. The molecule has 0 fully saturated rings. The molecular weight excluding hydrogens is 229 g/mol. The molecule has 5 heteroatoms. The molecule has 1 atom stereocenters. The Morgan fingerprint density at radius 3 is 2.29 bits per heavy atom. The van der Waals surface area contributed by atoms with Crippen molar-refractivity contribution in [1.29, 1.82) is 0 Å². The minimum Gasteiger partial charge on any atom is -0.329 e. The summed E-state index contributed by atoms with van der Waals surface area (Å²) in [5.41, 5.74) is 5.71. The van der Waals surface area contributed by atoms with E-state index < -0.39 is 11.7 Å². The second kappa shape index (κ2) is 6.02. The number of benzene rings is 1. The number of rotatable bonds is 5. The molecule has 0 spiro atoms. The van der Waals surface area contributed by atoms with Crippen molar-refractivity contribution in [2.75, 3.05) is 13.1 Å². The fraction of sp³-hybridized carbons (Fsp3) is 0.500. The zero-order valence-corrected chi connectivity index (χ0v) is 9.72. The van der Waals surface area contributed by atoms with Crippen molar-refractivity contribution in [2.24, 2.45) is 5.73 Å². The SMILES string of the molecule is C[C@H](CN)NCCc1ccc(C(F)(F)F)cc1. The molecule has 96 valence electrons. The molecule has 1 aromatic rings. The molecule has 0 aliphatic carbocycles. The lowest BCUT2D eigenvalue weighted by Gasteiger charge is -2.11. The summed E-state index contributed by atoms with van der Waals surface area (Å²) in [5, 5.41) is 3.18. The van der Waals surface area contributed by atoms with Crippen LogP contribution in [-0.4, -0.2) is 19.1 Å². The molecule has 0 heterocycles. The summed E-state index contributed by atoms with van der Waals surface area (Å²) in [5.74, 6) is 0. The molecule has 0 saturated carbocycles. The Labute approximate surface area is 99.0 Å². The van der Waals surface area contributed by atoms with Gasteiger partial charge in [-0.1, -0.05) is 12.1 Å². The van der Waals surface area contributed by atoms with Gasteiger partial charge in [0.1, 0.15) is 0 Å². The minimum absolute atomic E-state index is 0.226. The highest BCUT2D eigenvalue weighted by atomic mass is 19.4. The predicted molar refractivity (Wildman–Crippen MR) is 61.7 cm³/mol. The summed E-state index contributed by atoms with van der Waals surface area (Å²) in [7, 11) is 0. The van der Waals surface area contributed by atoms with Crippen molar-refractivity contribution in [2.45, 2.75) is 25.6 Å². The van der Waals surface area contributed by atoms with Crippen LogP contribution in [0.4, 0.5) is 13.2 Å². The van der Waals surface area contributed by atoms with Crippen molar-refractivity contribution in [3.63, 3.8) is 0 Å². The zero-order chi connectivity index (χ0) is 12.9. The third kappa shape index (κ3) is 4.75. The fourth-order valence-electron chi connectivity index (χ4n) is 1.41. The van der Waals surface area contributed by atoms with Crippen LogP contribution in [0.3, 0.4) is 0 Å². The van der Waals surface area contributed by atoms with Crippen LogP contribution in [0, 0.1) is 0 Å². The molecule has 0 radical (unpaired) electrons. The average Bonchev–Trinajstić information content (AvgIpc) is 2.28.